The van der Waals surface area contributed by atoms with E-state index in [9.17, 15) is 0 Å². The molecule has 0 aliphatic carbocycles. The monoisotopic (exact) mass is 374 g/mol. The topological polar surface area (TPSA) is 18.5 Å². The van der Waals surface area contributed by atoms with Gasteiger partial charge in [0.05, 0.1) is 13.0 Å². The predicted molar refractivity (Wildman–Crippen MR) is 86.0 cm³/mol. The molecule has 0 atom stereocenters. The van der Waals surface area contributed by atoms with Crippen molar-refractivity contribution in [3.63, 3.8) is 0 Å². The Morgan fingerprint density at radius 3 is 2.55 bits per heavy atom. The highest BCUT2D eigenvalue weighted by atomic mass is 79.9. The second-order valence-electron chi connectivity index (χ2n) is 4.13. The van der Waals surface area contributed by atoms with Gasteiger partial charge in [-0.05, 0) is 30.3 Å². The minimum atomic E-state index is 0.362. The molecular formula is C15H13BrCl2O2. The van der Waals surface area contributed by atoms with E-state index in [0.29, 0.717) is 17.5 Å². The number of alkyl halides is 1. The van der Waals surface area contributed by atoms with Crippen LogP contribution in [0.15, 0.2) is 40.9 Å². The molecule has 0 radical (unpaired) electrons. The molecule has 5 heteroatoms. The Bertz CT molecular complexity index is 602. The molecule has 106 valence electrons. The lowest BCUT2D eigenvalue weighted by Gasteiger charge is -2.12. The largest absolute Gasteiger partial charge is 0.497 e. The molecular weight excluding hydrogens is 363 g/mol. The highest BCUT2D eigenvalue weighted by molar-refractivity contribution is 9.10. The summed E-state index contributed by atoms with van der Waals surface area (Å²) in [6, 6.07) is 11.3. The summed E-state index contributed by atoms with van der Waals surface area (Å²) < 4.78 is 11.9. The maximum atomic E-state index is 6.16. The van der Waals surface area contributed by atoms with E-state index in [0.717, 1.165) is 27.1 Å². The van der Waals surface area contributed by atoms with Crippen molar-refractivity contribution in [1.82, 2.24) is 0 Å². The maximum absolute atomic E-state index is 6.16. The Labute approximate surface area is 136 Å². The van der Waals surface area contributed by atoms with Gasteiger partial charge in [0.15, 0.2) is 0 Å². The Kier molecular flexibility index (Phi) is 5.58. The summed E-state index contributed by atoms with van der Waals surface area (Å²) >= 11 is 15.5. The molecule has 0 amide bonds. The van der Waals surface area contributed by atoms with Crippen LogP contribution in [-0.4, -0.2) is 7.11 Å². The van der Waals surface area contributed by atoms with E-state index in [2.05, 4.69) is 15.9 Å². The first kappa shape index (κ1) is 15.5. The summed E-state index contributed by atoms with van der Waals surface area (Å²) in [5.74, 6) is 1.86. The van der Waals surface area contributed by atoms with E-state index in [4.69, 9.17) is 32.7 Å². The smallest absolute Gasteiger partial charge is 0.124 e. The fourth-order valence-corrected chi connectivity index (χ4v) is 2.66. The first-order valence-corrected chi connectivity index (χ1v) is 7.64. The number of ether oxygens (including phenoxy) is 2. The number of hydrogen-bond donors (Lipinski definition) is 0. The molecule has 2 rings (SSSR count). The number of methoxy groups -OCH3 is 1. The summed E-state index contributed by atoms with van der Waals surface area (Å²) in [5, 5.41) is 0.667. The van der Waals surface area contributed by atoms with Crippen molar-refractivity contribution in [2.24, 2.45) is 0 Å². The molecule has 0 aromatic heterocycles. The maximum Gasteiger partial charge on any atom is 0.124 e. The van der Waals surface area contributed by atoms with E-state index < -0.39 is 0 Å². The fraction of sp³-hybridized carbons (Fsp3) is 0.200. The third kappa shape index (κ3) is 3.81. The molecule has 0 heterocycles. The minimum absolute atomic E-state index is 0.362. The molecule has 0 aliphatic heterocycles. The van der Waals surface area contributed by atoms with Gasteiger partial charge in [0.2, 0.25) is 0 Å². The molecule has 0 unspecified atom stereocenters. The van der Waals surface area contributed by atoms with Crippen molar-refractivity contribution in [2.75, 3.05) is 7.11 Å². The molecule has 0 bridgehead atoms. The molecule has 0 fully saturated rings. The number of rotatable bonds is 5. The van der Waals surface area contributed by atoms with Crippen LogP contribution in [0.5, 0.6) is 11.5 Å². The molecule has 20 heavy (non-hydrogen) atoms. The molecule has 2 aromatic rings. The van der Waals surface area contributed by atoms with E-state index >= 15 is 0 Å². The zero-order chi connectivity index (χ0) is 14.5. The average Bonchev–Trinajstić information content (AvgIpc) is 2.46. The van der Waals surface area contributed by atoms with Gasteiger partial charge in [-0.15, -0.1) is 11.6 Å². The lowest BCUT2D eigenvalue weighted by atomic mass is 10.2. The zero-order valence-corrected chi connectivity index (χ0v) is 13.9. The molecule has 0 saturated carbocycles. The van der Waals surface area contributed by atoms with Crippen LogP contribution < -0.4 is 9.47 Å². The average molecular weight is 376 g/mol. The minimum Gasteiger partial charge on any atom is -0.497 e. The van der Waals surface area contributed by atoms with Crippen LogP contribution >= 0.6 is 39.1 Å². The van der Waals surface area contributed by atoms with Gasteiger partial charge in [-0.3, -0.25) is 0 Å². The van der Waals surface area contributed by atoms with Gasteiger partial charge in [-0.2, -0.15) is 0 Å². The van der Waals surface area contributed by atoms with Crippen LogP contribution in [0.1, 0.15) is 11.1 Å². The van der Waals surface area contributed by atoms with E-state index in [-0.39, 0.29) is 0 Å². The van der Waals surface area contributed by atoms with Crippen molar-refractivity contribution in [1.29, 1.82) is 0 Å². The summed E-state index contributed by atoms with van der Waals surface area (Å²) in [6.45, 7) is 0.391. The molecule has 0 N–H and O–H groups in total. The lowest BCUT2D eigenvalue weighted by Crippen LogP contribution is -1.99. The standard InChI is InChI=1S/C15H13BrCl2O2/c1-19-13-4-5-15(11(6-13)8-17)20-9-10-2-3-12(16)7-14(10)18/h2-7H,8-9H2,1H3. The zero-order valence-electron chi connectivity index (χ0n) is 10.8. The third-order valence-corrected chi connectivity index (χ3v) is 3.94. The van der Waals surface area contributed by atoms with Crippen molar-refractivity contribution in [2.45, 2.75) is 12.5 Å². The third-order valence-electron chi connectivity index (χ3n) is 2.81. The summed E-state index contributed by atoms with van der Waals surface area (Å²) in [4.78, 5) is 0. The summed E-state index contributed by atoms with van der Waals surface area (Å²) in [5.41, 5.74) is 1.81. The highest BCUT2D eigenvalue weighted by Crippen LogP contribution is 2.28. The van der Waals surface area contributed by atoms with Crippen LogP contribution in [0.4, 0.5) is 0 Å². The van der Waals surface area contributed by atoms with Gasteiger partial charge >= 0.3 is 0 Å². The van der Waals surface area contributed by atoms with Gasteiger partial charge in [-0.25, -0.2) is 0 Å². The fourth-order valence-electron chi connectivity index (χ4n) is 1.72. The second kappa shape index (κ2) is 7.21. The van der Waals surface area contributed by atoms with Crippen molar-refractivity contribution in [3.8, 4) is 11.5 Å². The second-order valence-corrected chi connectivity index (χ2v) is 5.72. The Morgan fingerprint density at radius 2 is 1.90 bits per heavy atom. The van der Waals surface area contributed by atoms with E-state index in [1.165, 1.54) is 0 Å². The number of benzene rings is 2. The Morgan fingerprint density at radius 1 is 1.10 bits per heavy atom. The Balaban J connectivity index is 2.14. The molecule has 0 aliphatic rings. The quantitative estimate of drug-likeness (QED) is 0.648. The van der Waals surface area contributed by atoms with E-state index in [1.54, 1.807) is 7.11 Å². The molecule has 0 spiro atoms. The van der Waals surface area contributed by atoms with Crippen LogP contribution in [0, 0.1) is 0 Å². The SMILES string of the molecule is COc1ccc(OCc2ccc(Br)cc2Cl)c(CCl)c1. The normalized spacial score (nSPS) is 10.4. The lowest BCUT2D eigenvalue weighted by molar-refractivity contribution is 0.303. The van der Waals surface area contributed by atoms with Gasteiger partial charge in [0.1, 0.15) is 18.1 Å². The molecule has 2 aromatic carbocycles. The van der Waals surface area contributed by atoms with Crippen LogP contribution in [-0.2, 0) is 12.5 Å². The van der Waals surface area contributed by atoms with Crippen molar-refractivity contribution in [3.05, 3.63) is 57.0 Å². The van der Waals surface area contributed by atoms with Crippen LogP contribution in [0.2, 0.25) is 5.02 Å². The van der Waals surface area contributed by atoms with Crippen LogP contribution in [0.25, 0.3) is 0 Å². The molecule has 0 saturated heterocycles. The predicted octanol–water partition coefficient (Wildman–Crippen LogP) is 5.43. The van der Waals surface area contributed by atoms with E-state index in [1.807, 2.05) is 36.4 Å². The van der Waals surface area contributed by atoms with Crippen molar-refractivity contribution >= 4 is 39.1 Å². The van der Waals surface area contributed by atoms with Crippen LogP contribution in [0.3, 0.4) is 0 Å². The number of hydrogen-bond acceptors (Lipinski definition) is 2. The first-order chi connectivity index (χ1) is 9.63. The van der Waals surface area contributed by atoms with Gasteiger partial charge in [-0.1, -0.05) is 33.6 Å². The summed E-state index contributed by atoms with van der Waals surface area (Å²) in [6.07, 6.45) is 0. The van der Waals surface area contributed by atoms with Gasteiger partial charge in [0.25, 0.3) is 0 Å². The van der Waals surface area contributed by atoms with Gasteiger partial charge < -0.3 is 9.47 Å². The molecule has 2 nitrogen and oxygen atoms in total. The Hall–Kier alpha value is -0.900. The number of halogens is 3. The van der Waals surface area contributed by atoms with Crippen molar-refractivity contribution < 1.29 is 9.47 Å². The summed E-state index contributed by atoms with van der Waals surface area (Å²) in [7, 11) is 1.62. The first-order valence-electron chi connectivity index (χ1n) is 5.93. The highest BCUT2D eigenvalue weighted by Gasteiger charge is 2.07. The van der Waals surface area contributed by atoms with Gasteiger partial charge in [0, 0.05) is 20.6 Å².